The van der Waals surface area contributed by atoms with Gasteiger partial charge < -0.3 is 13.9 Å². The maximum atomic E-state index is 12.4. The van der Waals surface area contributed by atoms with E-state index in [2.05, 4.69) is 4.98 Å². The van der Waals surface area contributed by atoms with Crippen LogP contribution in [-0.2, 0) is 11.3 Å². The zero-order valence-corrected chi connectivity index (χ0v) is 14.8. The summed E-state index contributed by atoms with van der Waals surface area (Å²) in [5, 5.41) is 2.55. The molecule has 1 aromatic carbocycles. The highest BCUT2D eigenvalue weighted by molar-refractivity contribution is 7.15. The van der Waals surface area contributed by atoms with Crippen molar-refractivity contribution in [2.75, 3.05) is 7.11 Å². The third-order valence-electron chi connectivity index (χ3n) is 4.04. The first-order valence-electron chi connectivity index (χ1n) is 7.77. The monoisotopic (exact) mass is 370 g/mol. The molecule has 0 fully saturated rings. The van der Waals surface area contributed by atoms with Crippen LogP contribution in [0.15, 0.2) is 45.1 Å². The van der Waals surface area contributed by atoms with Gasteiger partial charge in [0.1, 0.15) is 17.9 Å². The molecule has 0 N–H and O–H groups in total. The average Bonchev–Trinajstić information content (AvgIpc) is 3.24. The number of ether oxygens (including phenoxy) is 2. The molecule has 0 aliphatic heterocycles. The highest BCUT2D eigenvalue weighted by Crippen LogP contribution is 2.29. The number of benzene rings is 1. The second-order valence-electron chi connectivity index (χ2n) is 5.64. The molecule has 0 atom stereocenters. The number of hydrogen-bond acceptors (Lipinski definition) is 7. The van der Waals surface area contributed by atoms with E-state index in [0.29, 0.717) is 27.6 Å². The second-order valence-corrected chi connectivity index (χ2v) is 6.51. The normalized spacial score (nSPS) is 11.2. The summed E-state index contributed by atoms with van der Waals surface area (Å²) in [7, 11) is 1.58. The Balaban J connectivity index is 1.58. The number of thiazole rings is 1. The number of rotatable bonds is 4. The molecule has 0 unspecified atom stereocenters. The minimum Gasteiger partial charge on any atom is -0.497 e. The van der Waals surface area contributed by atoms with Crippen LogP contribution in [0.3, 0.4) is 0 Å². The molecule has 7 nitrogen and oxygen atoms in total. The number of hydrogen-bond donors (Lipinski definition) is 0. The largest absolute Gasteiger partial charge is 0.497 e. The molecule has 0 amide bonds. The van der Waals surface area contributed by atoms with E-state index in [-0.39, 0.29) is 17.9 Å². The van der Waals surface area contributed by atoms with Crippen LogP contribution < -0.4 is 10.3 Å². The molecule has 0 radical (unpaired) electrons. The van der Waals surface area contributed by atoms with E-state index in [9.17, 15) is 9.59 Å². The lowest BCUT2D eigenvalue weighted by Gasteiger charge is -2.03. The first-order valence-corrected chi connectivity index (χ1v) is 8.65. The Kier molecular flexibility index (Phi) is 3.96. The summed E-state index contributed by atoms with van der Waals surface area (Å²) in [5.74, 6) is 0.197. The minimum absolute atomic E-state index is 0.109. The fourth-order valence-corrected chi connectivity index (χ4v) is 3.43. The van der Waals surface area contributed by atoms with E-state index in [1.807, 2.05) is 0 Å². The molecular formula is C18H14N2O5S. The maximum absolute atomic E-state index is 12.4. The van der Waals surface area contributed by atoms with Crippen LogP contribution in [0, 0.1) is 6.92 Å². The molecule has 8 heteroatoms. The van der Waals surface area contributed by atoms with Crippen molar-refractivity contribution in [3.63, 3.8) is 0 Å². The van der Waals surface area contributed by atoms with Gasteiger partial charge in [0.2, 0.25) is 5.76 Å². The van der Waals surface area contributed by atoms with E-state index in [1.165, 1.54) is 21.8 Å². The molecule has 0 saturated heterocycles. The van der Waals surface area contributed by atoms with Gasteiger partial charge in [-0.25, -0.2) is 9.78 Å². The topological polar surface area (TPSA) is 83.0 Å². The fraction of sp³-hybridized carbons (Fsp3) is 0.167. The second kappa shape index (κ2) is 6.30. The Hall–Kier alpha value is -3.13. The smallest absolute Gasteiger partial charge is 0.374 e. The lowest BCUT2D eigenvalue weighted by atomic mass is 10.1. The number of carbonyl (C=O) groups is 1. The van der Waals surface area contributed by atoms with Gasteiger partial charge >= 0.3 is 5.97 Å². The molecule has 3 heterocycles. The van der Waals surface area contributed by atoms with Crippen molar-refractivity contribution in [3.8, 4) is 5.75 Å². The van der Waals surface area contributed by atoms with Gasteiger partial charge in [-0.2, -0.15) is 0 Å². The lowest BCUT2D eigenvalue weighted by Crippen LogP contribution is -2.14. The van der Waals surface area contributed by atoms with E-state index < -0.39 is 5.97 Å². The van der Waals surface area contributed by atoms with Crippen molar-refractivity contribution in [2.24, 2.45) is 0 Å². The molecule has 0 bridgehead atoms. The predicted molar refractivity (Wildman–Crippen MR) is 96.0 cm³/mol. The van der Waals surface area contributed by atoms with Gasteiger partial charge in [0.15, 0.2) is 4.96 Å². The number of carbonyl (C=O) groups excluding carboxylic acids is 1. The summed E-state index contributed by atoms with van der Waals surface area (Å²) in [5.41, 5.74) is 1.42. The quantitative estimate of drug-likeness (QED) is 0.513. The number of fused-ring (bicyclic) bond motifs is 2. The van der Waals surface area contributed by atoms with Crippen molar-refractivity contribution in [3.05, 3.63) is 63.2 Å². The van der Waals surface area contributed by atoms with Gasteiger partial charge in [0.05, 0.1) is 12.8 Å². The van der Waals surface area contributed by atoms with Gasteiger partial charge in [-0.15, -0.1) is 11.3 Å². The summed E-state index contributed by atoms with van der Waals surface area (Å²) >= 11 is 1.34. The highest BCUT2D eigenvalue weighted by Gasteiger charge is 2.20. The molecule has 4 aromatic rings. The third-order valence-corrected chi connectivity index (χ3v) is 4.79. The number of aryl methyl sites for hydroxylation is 1. The third kappa shape index (κ3) is 2.74. The van der Waals surface area contributed by atoms with Crippen LogP contribution in [0.2, 0.25) is 0 Å². The molecule has 0 spiro atoms. The highest BCUT2D eigenvalue weighted by atomic mass is 32.1. The van der Waals surface area contributed by atoms with Gasteiger partial charge in [-0.1, -0.05) is 0 Å². The first kappa shape index (κ1) is 16.3. The van der Waals surface area contributed by atoms with Crippen molar-refractivity contribution >= 4 is 33.2 Å². The molecule has 4 rings (SSSR count). The fourth-order valence-electron chi connectivity index (χ4n) is 2.69. The van der Waals surface area contributed by atoms with Crippen LogP contribution in [-0.4, -0.2) is 22.5 Å². The van der Waals surface area contributed by atoms with Crippen LogP contribution in [0.5, 0.6) is 5.75 Å². The number of aromatic nitrogens is 2. The van der Waals surface area contributed by atoms with Gasteiger partial charge in [-0.3, -0.25) is 9.20 Å². The Bertz CT molecular complexity index is 1190. The SMILES string of the molecule is COc1ccc2oc(C(=O)OCc3cc(=O)n4ccsc4n3)c(C)c2c1. The molecule has 3 aromatic heterocycles. The van der Waals surface area contributed by atoms with Gasteiger partial charge in [-0.05, 0) is 25.1 Å². The molecule has 0 aliphatic carbocycles. The Morgan fingerprint density at radius 1 is 1.35 bits per heavy atom. The average molecular weight is 370 g/mol. The van der Waals surface area contributed by atoms with Crippen LogP contribution in [0.1, 0.15) is 21.8 Å². The van der Waals surface area contributed by atoms with E-state index in [4.69, 9.17) is 13.9 Å². The van der Waals surface area contributed by atoms with Crippen molar-refractivity contribution in [2.45, 2.75) is 13.5 Å². The van der Waals surface area contributed by atoms with Gasteiger partial charge in [0, 0.05) is 28.6 Å². The summed E-state index contributed by atoms with van der Waals surface area (Å²) in [4.78, 5) is 29.2. The standard InChI is InChI=1S/C18H14N2O5S/c1-10-13-8-12(23-2)3-4-14(13)25-16(10)17(22)24-9-11-7-15(21)20-5-6-26-18(20)19-11/h3-8H,9H2,1-2H3. The summed E-state index contributed by atoms with van der Waals surface area (Å²) in [6.45, 7) is 1.67. The van der Waals surface area contributed by atoms with Crippen molar-refractivity contribution < 1.29 is 18.7 Å². The summed E-state index contributed by atoms with van der Waals surface area (Å²) in [6, 6.07) is 6.65. The van der Waals surface area contributed by atoms with Crippen molar-refractivity contribution in [1.29, 1.82) is 0 Å². The van der Waals surface area contributed by atoms with Crippen LogP contribution >= 0.6 is 11.3 Å². The zero-order valence-electron chi connectivity index (χ0n) is 14.0. The summed E-state index contributed by atoms with van der Waals surface area (Å²) in [6.07, 6.45) is 1.65. The van der Waals surface area contributed by atoms with Gasteiger partial charge in [0.25, 0.3) is 5.56 Å². The predicted octanol–water partition coefficient (Wildman–Crippen LogP) is 3.18. The van der Waals surface area contributed by atoms with E-state index in [0.717, 1.165) is 5.39 Å². The van der Waals surface area contributed by atoms with E-state index in [1.54, 1.807) is 43.8 Å². The minimum atomic E-state index is -0.606. The number of nitrogens with zero attached hydrogens (tertiary/aromatic N) is 2. The number of esters is 1. The van der Waals surface area contributed by atoms with Crippen LogP contribution in [0.25, 0.3) is 15.9 Å². The molecule has 132 valence electrons. The Morgan fingerprint density at radius 3 is 3.00 bits per heavy atom. The molecule has 0 aliphatic rings. The van der Waals surface area contributed by atoms with E-state index >= 15 is 0 Å². The molecular weight excluding hydrogens is 356 g/mol. The maximum Gasteiger partial charge on any atom is 0.374 e. The Labute approximate surface area is 151 Å². The zero-order chi connectivity index (χ0) is 18.3. The van der Waals surface area contributed by atoms with Crippen molar-refractivity contribution in [1.82, 2.24) is 9.38 Å². The Morgan fingerprint density at radius 2 is 2.19 bits per heavy atom. The number of furan rings is 1. The van der Waals surface area contributed by atoms with Crippen LogP contribution in [0.4, 0.5) is 0 Å². The number of methoxy groups -OCH3 is 1. The lowest BCUT2D eigenvalue weighted by molar-refractivity contribution is 0.0432. The summed E-state index contributed by atoms with van der Waals surface area (Å²) < 4.78 is 17.5. The molecule has 26 heavy (non-hydrogen) atoms. The molecule has 0 saturated carbocycles. The first-order chi connectivity index (χ1) is 12.6.